The molecule has 0 bridgehead atoms. The molecule has 7 N–H and O–H groups in total. The molecule has 0 radical (unpaired) electrons. The Morgan fingerprint density at radius 3 is 1.57 bits per heavy atom. The topological polar surface area (TPSA) is 317 Å². The molecule has 2 unspecified atom stereocenters. The van der Waals surface area contributed by atoms with Gasteiger partial charge in [0.05, 0.1) is 146 Å². The van der Waals surface area contributed by atoms with Gasteiger partial charge < -0.3 is 56.0 Å². The van der Waals surface area contributed by atoms with Crippen LogP contribution in [0.5, 0.6) is 0 Å². The van der Waals surface area contributed by atoms with Crippen LogP contribution in [-0.2, 0) is 36.1 Å². The molecule has 0 aliphatic carbocycles. The Labute approximate surface area is 700 Å². The number of methoxy groups -OCH3 is 1. The third kappa shape index (κ3) is 20.2. The Balaban J connectivity index is 0.658. The van der Waals surface area contributed by atoms with Crippen molar-refractivity contribution in [3.05, 3.63) is 228 Å². The molecule has 0 saturated carbocycles. The van der Waals surface area contributed by atoms with E-state index in [9.17, 15) is 53.9 Å². The summed E-state index contributed by atoms with van der Waals surface area (Å²) in [5, 5.41) is 20.7. The summed E-state index contributed by atoms with van der Waals surface area (Å²) < 4.78 is 131. The lowest BCUT2D eigenvalue weighted by molar-refractivity contribution is -0.138. The van der Waals surface area contributed by atoms with Crippen LogP contribution in [0.4, 0.5) is 85.0 Å². The number of aryl methyl sites for hydroxylation is 1. The van der Waals surface area contributed by atoms with E-state index in [0.717, 1.165) is 90.9 Å². The lowest BCUT2D eigenvalue weighted by atomic mass is 10.0. The molecule has 3 amide bonds. The van der Waals surface area contributed by atoms with Crippen molar-refractivity contribution in [3.63, 3.8) is 0 Å². The van der Waals surface area contributed by atoms with Crippen LogP contribution >= 0.6 is 0 Å². The van der Waals surface area contributed by atoms with E-state index in [2.05, 4.69) is 134 Å². The second-order valence-electron chi connectivity index (χ2n) is 30.7. The molecule has 15 rings (SSSR count). The van der Waals surface area contributed by atoms with Gasteiger partial charge in [-0.1, -0.05) is 5.21 Å². The number of nitrogens with one attached hydrogen (secondary N) is 7. The second kappa shape index (κ2) is 36.4. The van der Waals surface area contributed by atoms with Crippen molar-refractivity contribution in [3.8, 4) is 16.9 Å². The van der Waals surface area contributed by atoms with Gasteiger partial charge in [-0.2, -0.15) is 39.5 Å². The van der Waals surface area contributed by atoms with Crippen LogP contribution in [0.1, 0.15) is 116 Å². The van der Waals surface area contributed by atoms with E-state index in [4.69, 9.17) is 19.7 Å². The SMILES string of the molecule is COCCN1CCN(c2cncc(-c3cn(-c4cc(NC(=O)c5cc(C(F)(F)F)ccn5)cnc4CC4CCN(c5cncc(C6=CN(c7cc(NC(=O)c8cc(C(F)(F)F)ccn8)cnc7C)NN6)c5)CCN4C)nn3)c2)CCC1Cc1ncc(NC(=O)c2cc(C(F)(F)F)ccn2)cc1N1C=C(c2cncc(N(C)C3CCN(C(C)C)CC3)c2)NN1. The quantitative estimate of drug-likeness (QED) is 0.0276. The highest BCUT2D eigenvalue weighted by atomic mass is 19.4. The Bertz CT molecular complexity index is 5570. The molecule has 2 atom stereocenters. The first-order valence-electron chi connectivity index (χ1n) is 39.7. The number of carbonyl (C=O) groups excluding carboxylic acids is 3. The van der Waals surface area contributed by atoms with Gasteiger partial charge in [-0.3, -0.25) is 74.2 Å². The summed E-state index contributed by atoms with van der Waals surface area (Å²) in [6, 6.07) is 15.9. The minimum atomic E-state index is -4.74. The summed E-state index contributed by atoms with van der Waals surface area (Å²) in [4.78, 5) is 94.4. The maximum absolute atomic E-state index is 13.9. The Hall–Kier alpha value is -12.9. The molecule has 5 aliphatic heterocycles. The van der Waals surface area contributed by atoms with Crippen LogP contribution in [0.15, 0.2) is 166 Å². The fraction of sp³-hybridized carbons (Fsp3) is 0.349. The smallest absolute Gasteiger partial charge is 0.383 e. The van der Waals surface area contributed by atoms with Crippen molar-refractivity contribution in [1.29, 1.82) is 0 Å². The van der Waals surface area contributed by atoms with Gasteiger partial charge in [-0.05, 0) is 126 Å². The number of hydrogen-bond acceptors (Lipinski definition) is 27. The predicted octanol–water partition coefficient (Wildman–Crippen LogP) is 11.1. The number of halogens is 9. The first-order valence-corrected chi connectivity index (χ1v) is 39.7. The van der Waals surface area contributed by atoms with Crippen LogP contribution in [0.25, 0.3) is 28.3 Å². The number of likely N-dealkylation sites (N-methyl/N-ethyl adjacent to an activating group) is 1. The number of hydrogen-bond donors (Lipinski definition) is 7. The van der Waals surface area contributed by atoms with Crippen LogP contribution in [0, 0.1) is 6.92 Å². The fourth-order valence-electron chi connectivity index (χ4n) is 15.5. The number of hydrazine groups is 4. The van der Waals surface area contributed by atoms with E-state index in [1.54, 1.807) is 85.6 Å². The lowest BCUT2D eigenvalue weighted by Crippen LogP contribution is -2.45. The predicted molar refractivity (Wildman–Crippen MR) is 442 cm³/mol. The van der Waals surface area contributed by atoms with Crippen LogP contribution < -0.4 is 62.6 Å². The highest BCUT2D eigenvalue weighted by Gasteiger charge is 2.37. The molecule has 3 fully saturated rings. The highest BCUT2D eigenvalue weighted by molar-refractivity contribution is 6.04. The number of piperidine rings is 1. The monoisotopic (exact) mass is 1700 g/mol. The van der Waals surface area contributed by atoms with Crippen molar-refractivity contribution >= 4 is 74.6 Å². The van der Waals surface area contributed by atoms with E-state index < -0.39 is 70.0 Å². The number of nitrogens with zero attached hydrogens (tertiary/aromatic N) is 20. The second-order valence-corrected chi connectivity index (χ2v) is 30.7. The van der Waals surface area contributed by atoms with Gasteiger partial charge in [0.1, 0.15) is 22.8 Å². The minimum absolute atomic E-state index is 0.127. The Morgan fingerprint density at radius 1 is 0.537 bits per heavy atom. The first-order chi connectivity index (χ1) is 59.0. The average molecular weight is 1700 g/mol. The number of pyridine rings is 9. The van der Waals surface area contributed by atoms with Crippen LogP contribution in [0.3, 0.4) is 0 Å². The number of likely N-dealkylation sites (tertiary alicyclic amines) is 1. The zero-order valence-electron chi connectivity index (χ0n) is 67.7. The Morgan fingerprint density at radius 2 is 1.02 bits per heavy atom. The van der Waals surface area contributed by atoms with Gasteiger partial charge in [-0.15, -0.1) is 16.2 Å². The Kier molecular flexibility index (Phi) is 25.2. The summed E-state index contributed by atoms with van der Waals surface area (Å²) in [5.41, 5.74) is 18.6. The van der Waals surface area contributed by atoms with Crippen molar-refractivity contribution in [1.82, 2.24) is 96.5 Å². The standard InChI is InChI=1S/C83H88F9N27O4/c1-50(2)113-17-10-61(11-18-113)112(5)64-27-52(38-93-44-64)73-48-119(109-106-73)77-35-60(104-80(122)71-32-57(9-16-98-71)83(90,91)92)43-101-68(77)37-63-13-20-115(23-24-116(63)25-26-123-6)66-29-54(40-95-46-66)74-49-118(110-107-74)76-34-59(103-79(121)70-31-56(8-15-97-70)82(87,88)89)42-100-67(76)36-62-12-19-114(22-21-111(62)4)65-28-53(39-94-45-65)72-47-117(108-105-72)75-33-58(41-99-51(75)3)102-78(120)69-30-55(7-14-96-69)81(84,85)86/h7-9,14-16,27-35,38-50,61-63,105-106,108-109H,10-13,17-26,36-37H2,1-6H3,(H,102,120)(H,103,121)(H,104,122). The summed E-state index contributed by atoms with van der Waals surface area (Å²) in [6.45, 7) is 12.6. The van der Waals surface area contributed by atoms with Gasteiger partial charge >= 0.3 is 18.5 Å². The van der Waals surface area contributed by atoms with Gasteiger partial charge in [0.15, 0.2) is 0 Å². The number of alkyl halides is 9. The number of anilines is 8. The van der Waals surface area contributed by atoms with E-state index in [1.165, 1.54) is 23.3 Å². The number of aromatic nitrogens is 12. The highest BCUT2D eigenvalue weighted by Crippen LogP contribution is 2.37. The minimum Gasteiger partial charge on any atom is -0.383 e. The van der Waals surface area contributed by atoms with Crippen molar-refractivity contribution in [2.45, 2.75) is 102 Å². The molecular weight excluding hydrogens is 1610 g/mol. The van der Waals surface area contributed by atoms with Crippen molar-refractivity contribution in [2.75, 3.05) is 127 Å². The lowest BCUT2D eigenvalue weighted by Gasteiger charge is -2.39. The molecule has 0 spiro atoms. The van der Waals surface area contributed by atoms with E-state index in [-0.39, 0.29) is 29.1 Å². The number of ether oxygens (including phenoxy) is 1. The van der Waals surface area contributed by atoms with Gasteiger partial charge in [0, 0.05) is 176 Å². The van der Waals surface area contributed by atoms with Crippen LogP contribution in [0.2, 0.25) is 0 Å². The van der Waals surface area contributed by atoms with Gasteiger partial charge in [-0.25, -0.2) is 4.68 Å². The zero-order valence-corrected chi connectivity index (χ0v) is 67.7. The summed E-state index contributed by atoms with van der Waals surface area (Å²) >= 11 is 0. The molecule has 10 aromatic heterocycles. The van der Waals surface area contributed by atoms with E-state index >= 15 is 0 Å². The van der Waals surface area contributed by atoms with E-state index in [1.807, 2.05) is 31.6 Å². The maximum atomic E-state index is 13.9. The van der Waals surface area contributed by atoms with E-state index in [0.29, 0.717) is 165 Å². The molecule has 642 valence electrons. The van der Waals surface area contributed by atoms with Gasteiger partial charge in [0.25, 0.3) is 17.7 Å². The molecule has 123 heavy (non-hydrogen) atoms. The third-order valence-electron chi connectivity index (χ3n) is 22.5. The average Bonchev–Trinajstić information content (AvgIpc) is 1.72. The molecule has 40 heteroatoms. The normalized spacial score (nSPS) is 17.3. The molecule has 3 saturated heterocycles. The molecule has 31 nitrogen and oxygen atoms in total. The molecular formula is C83H88F9N27O4. The molecule has 10 aromatic rings. The summed E-state index contributed by atoms with van der Waals surface area (Å²) in [6.07, 6.45) is 12.8. The maximum Gasteiger partial charge on any atom is 0.416 e. The summed E-state index contributed by atoms with van der Waals surface area (Å²) in [7, 11) is 5.75. The number of carbonyl (C=O) groups is 3. The largest absolute Gasteiger partial charge is 0.416 e. The molecule has 5 aliphatic rings. The van der Waals surface area contributed by atoms with Gasteiger partial charge in [0.2, 0.25) is 0 Å². The third-order valence-corrected chi connectivity index (χ3v) is 22.5. The molecule has 15 heterocycles. The zero-order chi connectivity index (χ0) is 86.4. The van der Waals surface area contributed by atoms with Crippen molar-refractivity contribution < 1.29 is 58.6 Å². The van der Waals surface area contributed by atoms with Crippen LogP contribution in [-0.4, -0.2) is 203 Å². The van der Waals surface area contributed by atoms with Crippen molar-refractivity contribution in [2.24, 2.45) is 0 Å². The number of rotatable bonds is 24. The summed E-state index contributed by atoms with van der Waals surface area (Å²) in [5.74, 6) is -2.63. The number of amides is 3. The molecule has 0 aromatic carbocycles. The fourth-order valence-corrected chi connectivity index (χ4v) is 15.5. The first kappa shape index (κ1) is 85.1.